The quantitative estimate of drug-likeness (QED) is 0.691. The Morgan fingerprint density at radius 2 is 1.60 bits per heavy atom. The Morgan fingerprint density at radius 3 is 2.07 bits per heavy atom. The van der Waals surface area contributed by atoms with E-state index in [0.29, 0.717) is 6.04 Å². The zero-order valence-corrected chi connectivity index (χ0v) is 11.0. The zero-order chi connectivity index (χ0) is 11.3. The summed E-state index contributed by atoms with van der Waals surface area (Å²) in [6.45, 7) is 7.10. The highest BCUT2D eigenvalue weighted by Crippen LogP contribution is 2.23. The van der Waals surface area contributed by atoms with Crippen LogP contribution in [0.5, 0.6) is 0 Å². The van der Waals surface area contributed by atoms with E-state index in [1.807, 2.05) is 0 Å². The summed E-state index contributed by atoms with van der Waals surface area (Å²) in [6, 6.07) is 1.56. The molecule has 2 heteroatoms. The van der Waals surface area contributed by atoms with Crippen molar-refractivity contribution in [1.82, 2.24) is 9.80 Å². The molecule has 1 fully saturated rings. The molecule has 0 unspecified atom stereocenters. The Balaban J connectivity index is 2.41. The average Bonchev–Trinajstić information content (AvgIpc) is 2.18. The van der Waals surface area contributed by atoms with Gasteiger partial charge in [-0.15, -0.1) is 0 Å². The molecular formula is C13H28N2. The topological polar surface area (TPSA) is 6.48 Å². The van der Waals surface area contributed by atoms with Crippen molar-refractivity contribution in [2.45, 2.75) is 58.0 Å². The van der Waals surface area contributed by atoms with E-state index in [0.717, 1.165) is 6.04 Å². The van der Waals surface area contributed by atoms with Gasteiger partial charge in [0.25, 0.3) is 0 Å². The zero-order valence-electron chi connectivity index (χ0n) is 11.0. The van der Waals surface area contributed by atoms with Crippen LogP contribution in [0.4, 0.5) is 0 Å². The molecule has 1 aliphatic carbocycles. The maximum atomic E-state index is 2.71. The molecule has 0 bridgehead atoms. The third kappa shape index (κ3) is 4.52. The van der Waals surface area contributed by atoms with Crippen molar-refractivity contribution in [1.29, 1.82) is 0 Å². The van der Waals surface area contributed by atoms with E-state index in [1.165, 1.54) is 45.2 Å². The molecule has 0 spiro atoms. The molecule has 0 aromatic carbocycles. The molecule has 0 heterocycles. The predicted molar refractivity (Wildman–Crippen MR) is 67.3 cm³/mol. The molecule has 2 nitrogen and oxygen atoms in total. The number of nitrogens with zero attached hydrogens (tertiary/aromatic N) is 2. The minimum absolute atomic E-state index is 0.702. The molecule has 0 radical (unpaired) electrons. The third-order valence-electron chi connectivity index (χ3n) is 3.51. The summed E-state index contributed by atoms with van der Waals surface area (Å²) in [5, 5.41) is 0. The van der Waals surface area contributed by atoms with Gasteiger partial charge in [0.2, 0.25) is 0 Å². The fourth-order valence-corrected chi connectivity index (χ4v) is 2.59. The standard InChI is InChI=1S/C13H28N2/c1-12(2)15(11-10-14(3)4)13-8-6-5-7-9-13/h12-13H,5-11H2,1-4H3. The van der Waals surface area contributed by atoms with Crippen molar-refractivity contribution in [2.75, 3.05) is 27.2 Å². The van der Waals surface area contributed by atoms with E-state index >= 15 is 0 Å². The van der Waals surface area contributed by atoms with Crippen molar-refractivity contribution in [3.8, 4) is 0 Å². The second kappa shape index (κ2) is 6.49. The summed E-state index contributed by atoms with van der Waals surface area (Å²) in [4.78, 5) is 5.00. The van der Waals surface area contributed by atoms with Crippen molar-refractivity contribution in [3.05, 3.63) is 0 Å². The Kier molecular flexibility index (Phi) is 5.62. The Hall–Kier alpha value is -0.0800. The minimum atomic E-state index is 0.702. The van der Waals surface area contributed by atoms with E-state index in [2.05, 4.69) is 37.7 Å². The summed E-state index contributed by atoms with van der Waals surface area (Å²) >= 11 is 0. The van der Waals surface area contributed by atoms with Crippen LogP contribution in [0.25, 0.3) is 0 Å². The summed E-state index contributed by atoms with van der Waals surface area (Å²) in [7, 11) is 4.33. The molecule has 90 valence electrons. The molecule has 0 amide bonds. The Labute approximate surface area is 95.6 Å². The highest BCUT2D eigenvalue weighted by Gasteiger charge is 2.22. The fraction of sp³-hybridized carbons (Fsp3) is 1.00. The maximum absolute atomic E-state index is 2.71. The van der Waals surface area contributed by atoms with Crippen LogP contribution in [-0.4, -0.2) is 49.1 Å². The molecular weight excluding hydrogens is 184 g/mol. The average molecular weight is 212 g/mol. The number of rotatable bonds is 5. The van der Waals surface area contributed by atoms with Crippen LogP contribution in [0.15, 0.2) is 0 Å². The van der Waals surface area contributed by atoms with Crippen LogP contribution < -0.4 is 0 Å². The second-order valence-corrected chi connectivity index (χ2v) is 5.43. The van der Waals surface area contributed by atoms with Crippen LogP contribution in [-0.2, 0) is 0 Å². The van der Waals surface area contributed by atoms with Gasteiger partial charge in [-0.25, -0.2) is 0 Å². The third-order valence-corrected chi connectivity index (χ3v) is 3.51. The molecule has 0 aromatic heterocycles. The monoisotopic (exact) mass is 212 g/mol. The first-order chi connectivity index (χ1) is 7.11. The largest absolute Gasteiger partial charge is 0.308 e. The smallest absolute Gasteiger partial charge is 0.0115 e. The lowest BCUT2D eigenvalue weighted by atomic mass is 9.93. The van der Waals surface area contributed by atoms with E-state index < -0.39 is 0 Å². The molecule has 1 aliphatic rings. The van der Waals surface area contributed by atoms with Gasteiger partial charge in [-0.1, -0.05) is 19.3 Å². The molecule has 0 N–H and O–H groups in total. The van der Waals surface area contributed by atoms with E-state index in [9.17, 15) is 0 Å². The van der Waals surface area contributed by atoms with Crippen LogP contribution in [0, 0.1) is 0 Å². The molecule has 15 heavy (non-hydrogen) atoms. The Bertz CT molecular complexity index is 160. The highest BCUT2D eigenvalue weighted by atomic mass is 15.2. The summed E-state index contributed by atoms with van der Waals surface area (Å²) in [6.07, 6.45) is 7.18. The van der Waals surface area contributed by atoms with Gasteiger partial charge in [0, 0.05) is 25.2 Å². The molecule has 0 aliphatic heterocycles. The lowest BCUT2D eigenvalue weighted by Crippen LogP contribution is -2.44. The van der Waals surface area contributed by atoms with E-state index in [-0.39, 0.29) is 0 Å². The normalized spacial score (nSPS) is 19.4. The Morgan fingerprint density at radius 1 is 1.00 bits per heavy atom. The SMILES string of the molecule is CC(C)N(CCN(C)C)C1CCCCC1. The van der Waals surface area contributed by atoms with E-state index in [4.69, 9.17) is 0 Å². The lowest BCUT2D eigenvalue weighted by Gasteiger charge is -2.37. The molecule has 0 atom stereocenters. The number of hydrogen-bond donors (Lipinski definition) is 0. The van der Waals surface area contributed by atoms with Gasteiger partial charge in [-0.2, -0.15) is 0 Å². The second-order valence-electron chi connectivity index (χ2n) is 5.43. The fourth-order valence-electron chi connectivity index (χ4n) is 2.59. The lowest BCUT2D eigenvalue weighted by molar-refractivity contribution is 0.111. The van der Waals surface area contributed by atoms with Crippen molar-refractivity contribution < 1.29 is 0 Å². The molecule has 0 aromatic rings. The summed E-state index contributed by atoms with van der Waals surface area (Å²) < 4.78 is 0. The van der Waals surface area contributed by atoms with Gasteiger partial charge in [-0.3, -0.25) is 4.90 Å². The number of likely N-dealkylation sites (N-methyl/N-ethyl adjacent to an activating group) is 1. The van der Waals surface area contributed by atoms with Crippen LogP contribution in [0.2, 0.25) is 0 Å². The summed E-state index contributed by atoms with van der Waals surface area (Å²) in [5.41, 5.74) is 0. The van der Waals surface area contributed by atoms with Gasteiger partial charge in [-0.05, 0) is 40.8 Å². The van der Waals surface area contributed by atoms with Crippen molar-refractivity contribution in [3.63, 3.8) is 0 Å². The van der Waals surface area contributed by atoms with Crippen molar-refractivity contribution >= 4 is 0 Å². The van der Waals surface area contributed by atoms with Gasteiger partial charge in [0.05, 0.1) is 0 Å². The van der Waals surface area contributed by atoms with Gasteiger partial charge < -0.3 is 4.90 Å². The highest BCUT2D eigenvalue weighted by molar-refractivity contribution is 4.78. The minimum Gasteiger partial charge on any atom is -0.308 e. The summed E-state index contributed by atoms with van der Waals surface area (Å²) in [5.74, 6) is 0. The number of hydrogen-bond acceptors (Lipinski definition) is 2. The van der Waals surface area contributed by atoms with Gasteiger partial charge in [0.1, 0.15) is 0 Å². The van der Waals surface area contributed by atoms with Crippen LogP contribution >= 0.6 is 0 Å². The van der Waals surface area contributed by atoms with Crippen LogP contribution in [0.1, 0.15) is 46.0 Å². The van der Waals surface area contributed by atoms with Crippen LogP contribution in [0.3, 0.4) is 0 Å². The molecule has 1 saturated carbocycles. The van der Waals surface area contributed by atoms with E-state index in [1.54, 1.807) is 0 Å². The first kappa shape index (κ1) is 13.0. The molecule has 0 saturated heterocycles. The predicted octanol–water partition coefficient (Wildman–Crippen LogP) is 2.59. The molecule has 1 rings (SSSR count). The van der Waals surface area contributed by atoms with Gasteiger partial charge in [0.15, 0.2) is 0 Å². The maximum Gasteiger partial charge on any atom is 0.0115 e. The van der Waals surface area contributed by atoms with Gasteiger partial charge >= 0.3 is 0 Å². The van der Waals surface area contributed by atoms with Crippen molar-refractivity contribution in [2.24, 2.45) is 0 Å². The first-order valence-electron chi connectivity index (χ1n) is 6.51. The first-order valence-corrected chi connectivity index (χ1v) is 6.51.